The van der Waals surface area contributed by atoms with E-state index in [-0.39, 0.29) is 61.1 Å². The SMILES string of the molecule is CC(=O)Nc1cccc(C(=O)C[C@H](C(=O)N2CCC[C@H]2C(=O)C[C@@H](CCCN=C(N)N)C(=O)CF)C(C)C)c1. The van der Waals surface area contributed by atoms with E-state index < -0.39 is 30.3 Å². The van der Waals surface area contributed by atoms with Crippen LogP contribution in [0.2, 0.25) is 0 Å². The lowest BCUT2D eigenvalue weighted by Crippen LogP contribution is -2.45. The number of carbonyl (C=O) groups is 5. The molecule has 1 aliphatic rings. The molecule has 11 heteroatoms. The van der Waals surface area contributed by atoms with Crippen LogP contribution in [0, 0.1) is 17.8 Å². The number of guanidine groups is 1. The fourth-order valence-electron chi connectivity index (χ4n) is 4.89. The summed E-state index contributed by atoms with van der Waals surface area (Å²) >= 11 is 0. The maximum atomic E-state index is 13.6. The summed E-state index contributed by atoms with van der Waals surface area (Å²) < 4.78 is 13.2. The van der Waals surface area contributed by atoms with Gasteiger partial charge in [-0.2, -0.15) is 0 Å². The number of nitrogens with two attached hydrogens (primary N) is 2. The van der Waals surface area contributed by atoms with Crippen molar-refractivity contribution in [2.45, 2.75) is 65.3 Å². The molecule has 0 saturated carbocycles. The van der Waals surface area contributed by atoms with Crippen LogP contribution in [0.5, 0.6) is 0 Å². The third kappa shape index (κ3) is 9.56. The second-order valence-corrected chi connectivity index (χ2v) is 10.3. The summed E-state index contributed by atoms with van der Waals surface area (Å²) in [5.74, 6) is -3.46. The van der Waals surface area contributed by atoms with Gasteiger partial charge in [-0.1, -0.05) is 26.0 Å². The molecule has 2 amide bonds. The molecule has 5 N–H and O–H groups in total. The van der Waals surface area contributed by atoms with Crippen LogP contribution in [-0.2, 0) is 19.2 Å². The Kier molecular flexibility index (Phi) is 12.2. The van der Waals surface area contributed by atoms with Gasteiger partial charge in [-0.3, -0.25) is 29.0 Å². The number of nitrogens with zero attached hydrogens (tertiary/aromatic N) is 2. The second-order valence-electron chi connectivity index (χ2n) is 10.3. The Morgan fingerprint density at radius 1 is 1.15 bits per heavy atom. The van der Waals surface area contributed by atoms with Crippen molar-refractivity contribution in [2.75, 3.05) is 25.1 Å². The molecule has 1 heterocycles. The number of ketones is 3. The number of aliphatic imine (C=N–C) groups is 1. The highest BCUT2D eigenvalue weighted by molar-refractivity contribution is 6.01. The summed E-state index contributed by atoms with van der Waals surface area (Å²) in [6.07, 6.45) is 1.52. The molecule has 39 heavy (non-hydrogen) atoms. The van der Waals surface area contributed by atoms with Gasteiger partial charge in [-0.15, -0.1) is 0 Å². The summed E-state index contributed by atoms with van der Waals surface area (Å²) in [7, 11) is 0. The molecule has 0 aromatic heterocycles. The minimum absolute atomic E-state index is 0.0504. The summed E-state index contributed by atoms with van der Waals surface area (Å²) in [4.78, 5) is 68.9. The Morgan fingerprint density at radius 2 is 1.87 bits per heavy atom. The van der Waals surface area contributed by atoms with Gasteiger partial charge < -0.3 is 21.7 Å². The maximum Gasteiger partial charge on any atom is 0.227 e. The number of alkyl halides is 1. The Morgan fingerprint density at radius 3 is 2.49 bits per heavy atom. The van der Waals surface area contributed by atoms with E-state index in [1.165, 1.54) is 11.8 Å². The lowest BCUT2D eigenvalue weighted by Gasteiger charge is -2.30. The van der Waals surface area contributed by atoms with Gasteiger partial charge in [-0.25, -0.2) is 4.39 Å². The molecule has 0 radical (unpaired) electrons. The minimum atomic E-state index is -1.17. The normalized spacial score (nSPS) is 16.4. The molecule has 0 spiro atoms. The number of Topliss-reactive ketones (excluding diaryl/α,β-unsaturated/α-hetero) is 3. The molecule has 2 rings (SSSR count). The van der Waals surface area contributed by atoms with E-state index in [0.717, 1.165) is 0 Å². The zero-order valence-electron chi connectivity index (χ0n) is 23.0. The van der Waals surface area contributed by atoms with E-state index in [4.69, 9.17) is 11.5 Å². The van der Waals surface area contributed by atoms with Crippen LogP contribution < -0.4 is 16.8 Å². The summed E-state index contributed by atoms with van der Waals surface area (Å²) in [6.45, 7) is 4.54. The van der Waals surface area contributed by atoms with Crippen LogP contribution in [0.3, 0.4) is 0 Å². The van der Waals surface area contributed by atoms with Crippen LogP contribution >= 0.6 is 0 Å². The van der Waals surface area contributed by atoms with E-state index in [2.05, 4.69) is 10.3 Å². The van der Waals surface area contributed by atoms with Crippen LogP contribution in [0.1, 0.15) is 69.7 Å². The average molecular weight is 546 g/mol. The van der Waals surface area contributed by atoms with Gasteiger partial charge in [-0.05, 0) is 43.7 Å². The monoisotopic (exact) mass is 545 g/mol. The number of nitrogens with one attached hydrogen (secondary N) is 1. The van der Waals surface area contributed by atoms with Crippen molar-refractivity contribution < 1.29 is 28.4 Å². The van der Waals surface area contributed by atoms with Crippen molar-refractivity contribution in [3.63, 3.8) is 0 Å². The third-order valence-electron chi connectivity index (χ3n) is 6.98. The molecule has 1 aromatic carbocycles. The average Bonchev–Trinajstić information content (AvgIpc) is 3.37. The largest absolute Gasteiger partial charge is 0.370 e. The highest BCUT2D eigenvalue weighted by atomic mass is 19.1. The fraction of sp³-hybridized carbons (Fsp3) is 0.571. The first-order valence-electron chi connectivity index (χ1n) is 13.3. The molecule has 3 atom stereocenters. The summed E-state index contributed by atoms with van der Waals surface area (Å²) in [5, 5.41) is 2.64. The first-order valence-corrected chi connectivity index (χ1v) is 13.3. The summed E-state index contributed by atoms with van der Waals surface area (Å²) in [5.41, 5.74) is 11.5. The molecule has 0 bridgehead atoms. The molecular formula is C28H40FN5O5. The molecule has 214 valence electrons. The number of rotatable bonds is 15. The standard InChI is InChI=1S/C28H40FN5O5/c1-17(2)22(15-24(36)19-7-4-9-21(13-19)33-18(3)35)27(39)34-12-6-10-23(34)25(37)14-20(26(38)16-29)8-5-11-32-28(30)31/h4,7,9,13,17,20,22-23H,5-6,8,10-12,14-16H2,1-3H3,(H,33,35)(H4,30,31,32)/t20-,22+,23+/m1/s1. The molecule has 10 nitrogen and oxygen atoms in total. The quantitative estimate of drug-likeness (QED) is 0.132. The second kappa shape index (κ2) is 15.1. The minimum Gasteiger partial charge on any atom is -0.370 e. The predicted octanol–water partition coefficient (Wildman–Crippen LogP) is 2.65. The van der Waals surface area contributed by atoms with Crippen molar-refractivity contribution in [3.8, 4) is 0 Å². The van der Waals surface area contributed by atoms with Gasteiger partial charge >= 0.3 is 0 Å². The zero-order chi connectivity index (χ0) is 29.1. The van der Waals surface area contributed by atoms with Crippen molar-refractivity contribution in [1.82, 2.24) is 4.90 Å². The first-order chi connectivity index (χ1) is 18.4. The predicted molar refractivity (Wildman–Crippen MR) is 147 cm³/mol. The topological polar surface area (TPSA) is 165 Å². The number of halogens is 1. The van der Waals surface area contributed by atoms with Crippen LogP contribution in [0.15, 0.2) is 29.3 Å². The Labute approximate surface area is 228 Å². The van der Waals surface area contributed by atoms with Crippen LogP contribution in [-0.4, -0.2) is 65.8 Å². The number of anilines is 1. The van der Waals surface area contributed by atoms with Gasteiger partial charge in [0, 0.05) is 55.9 Å². The van der Waals surface area contributed by atoms with Crippen molar-refractivity contribution >= 4 is 40.8 Å². The van der Waals surface area contributed by atoms with E-state index >= 15 is 0 Å². The Hall–Kier alpha value is -3.63. The fourth-order valence-corrected chi connectivity index (χ4v) is 4.89. The lowest BCUT2D eigenvalue weighted by molar-refractivity contribution is -0.142. The number of benzene rings is 1. The van der Waals surface area contributed by atoms with Gasteiger partial charge in [0.2, 0.25) is 11.8 Å². The van der Waals surface area contributed by atoms with E-state index in [1.807, 2.05) is 13.8 Å². The highest BCUT2D eigenvalue weighted by Gasteiger charge is 2.39. The maximum absolute atomic E-state index is 13.6. The van der Waals surface area contributed by atoms with Crippen molar-refractivity contribution in [3.05, 3.63) is 29.8 Å². The van der Waals surface area contributed by atoms with E-state index in [9.17, 15) is 28.4 Å². The third-order valence-corrected chi connectivity index (χ3v) is 6.98. The van der Waals surface area contributed by atoms with Crippen LogP contribution in [0.4, 0.5) is 10.1 Å². The molecule has 0 aliphatic carbocycles. The molecule has 0 unspecified atom stereocenters. The van der Waals surface area contributed by atoms with Gasteiger partial charge in [0.25, 0.3) is 0 Å². The molecule has 1 fully saturated rings. The lowest BCUT2D eigenvalue weighted by atomic mass is 9.86. The first kappa shape index (κ1) is 31.6. The number of hydrogen-bond acceptors (Lipinski definition) is 6. The number of carbonyl (C=O) groups excluding carboxylic acids is 5. The van der Waals surface area contributed by atoms with Crippen molar-refractivity contribution in [1.29, 1.82) is 0 Å². The zero-order valence-corrected chi connectivity index (χ0v) is 23.0. The van der Waals surface area contributed by atoms with Crippen LogP contribution in [0.25, 0.3) is 0 Å². The Balaban J connectivity index is 2.12. The molecule has 1 aromatic rings. The number of likely N-dealkylation sites (tertiary alicyclic amines) is 1. The highest BCUT2D eigenvalue weighted by Crippen LogP contribution is 2.29. The van der Waals surface area contributed by atoms with Crippen molar-refractivity contribution in [2.24, 2.45) is 34.2 Å². The van der Waals surface area contributed by atoms with Gasteiger partial charge in [0.05, 0.1) is 6.04 Å². The Bertz CT molecular complexity index is 1090. The molecule has 1 saturated heterocycles. The smallest absolute Gasteiger partial charge is 0.227 e. The van der Waals surface area contributed by atoms with E-state index in [1.54, 1.807) is 24.3 Å². The van der Waals surface area contributed by atoms with E-state index in [0.29, 0.717) is 37.1 Å². The number of hydrogen-bond donors (Lipinski definition) is 3. The summed E-state index contributed by atoms with van der Waals surface area (Å²) in [6, 6.07) is 5.82. The molecule has 1 aliphatic heterocycles. The molecular weight excluding hydrogens is 505 g/mol. The number of amides is 2. The van der Waals surface area contributed by atoms with Gasteiger partial charge in [0.1, 0.15) is 6.67 Å². The van der Waals surface area contributed by atoms with Gasteiger partial charge in [0.15, 0.2) is 23.3 Å².